The van der Waals surface area contributed by atoms with Gasteiger partial charge < -0.3 is 5.11 Å². The molecule has 13 heavy (non-hydrogen) atoms. The SMILES string of the molecule is CCCCC(CO)CC1CCCC1. The van der Waals surface area contributed by atoms with E-state index in [1.807, 2.05) is 0 Å². The van der Waals surface area contributed by atoms with E-state index in [9.17, 15) is 5.11 Å². The lowest BCUT2D eigenvalue weighted by Crippen LogP contribution is -2.10. The van der Waals surface area contributed by atoms with Crippen LogP contribution in [0.2, 0.25) is 0 Å². The fraction of sp³-hybridized carbons (Fsp3) is 1.00. The van der Waals surface area contributed by atoms with E-state index >= 15 is 0 Å². The minimum Gasteiger partial charge on any atom is -0.396 e. The van der Waals surface area contributed by atoms with E-state index in [1.165, 1.54) is 51.4 Å². The maximum Gasteiger partial charge on any atom is 0.0459 e. The molecular weight excluding hydrogens is 160 g/mol. The molecule has 1 aliphatic carbocycles. The number of aliphatic hydroxyl groups excluding tert-OH is 1. The van der Waals surface area contributed by atoms with Crippen LogP contribution in [0.1, 0.15) is 58.3 Å². The lowest BCUT2D eigenvalue weighted by atomic mass is 9.90. The Labute approximate surface area is 82.5 Å². The van der Waals surface area contributed by atoms with Crippen LogP contribution in [-0.2, 0) is 0 Å². The van der Waals surface area contributed by atoms with Crippen LogP contribution >= 0.6 is 0 Å². The Morgan fingerprint density at radius 1 is 1.31 bits per heavy atom. The topological polar surface area (TPSA) is 20.2 Å². The first-order valence-corrected chi connectivity index (χ1v) is 5.97. The molecule has 0 heterocycles. The van der Waals surface area contributed by atoms with Gasteiger partial charge in [0.05, 0.1) is 0 Å². The summed E-state index contributed by atoms with van der Waals surface area (Å²) in [5, 5.41) is 9.21. The number of unbranched alkanes of at least 4 members (excludes halogenated alkanes) is 1. The summed E-state index contributed by atoms with van der Waals surface area (Å²) in [5.74, 6) is 1.54. The zero-order chi connectivity index (χ0) is 9.52. The van der Waals surface area contributed by atoms with Crippen LogP contribution in [0, 0.1) is 11.8 Å². The van der Waals surface area contributed by atoms with Crippen LogP contribution < -0.4 is 0 Å². The van der Waals surface area contributed by atoms with Crippen molar-refractivity contribution in [2.24, 2.45) is 11.8 Å². The molecule has 0 aromatic heterocycles. The van der Waals surface area contributed by atoms with Gasteiger partial charge in [0.25, 0.3) is 0 Å². The van der Waals surface area contributed by atoms with Crippen molar-refractivity contribution in [3.8, 4) is 0 Å². The van der Waals surface area contributed by atoms with Crippen molar-refractivity contribution in [2.75, 3.05) is 6.61 Å². The Balaban J connectivity index is 2.13. The highest BCUT2D eigenvalue weighted by Crippen LogP contribution is 2.31. The van der Waals surface area contributed by atoms with E-state index in [2.05, 4.69) is 6.92 Å². The number of hydrogen-bond donors (Lipinski definition) is 1. The monoisotopic (exact) mass is 184 g/mol. The van der Waals surface area contributed by atoms with Crippen LogP contribution in [0.5, 0.6) is 0 Å². The van der Waals surface area contributed by atoms with Crippen LogP contribution in [0.25, 0.3) is 0 Å². The molecule has 78 valence electrons. The lowest BCUT2D eigenvalue weighted by Gasteiger charge is -2.17. The van der Waals surface area contributed by atoms with E-state index < -0.39 is 0 Å². The molecule has 1 rings (SSSR count). The highest BCUT2D eigenvalue weighted by Gasteiger charge is 2.19. The fourth-order valence-corrected chi connectivity index (χ4v) is 2.49. The number of hydrogen-bond acceptors (Lipinski definition) is 1. The van der Waals surface area contributed by atoms with Gasteiger partial charge in [-0.1, -0.05) is 45.4 Å². The zero-order valence-electron chi connectivity index (χ0n) is 8.97. The molecule has 0 amide bonds. The Kier molecular flexibility index (Phi) is 5.45. The van der Waals surface area contributed by atoms with E-state index in [-0.39, 0.29) is 0 Å². The van der Waals surface area contributed by atoms with Crippen molar-refractivity contribution >= 4 is 0 Å². The second kappa shape index (κ2) is 6.42. The van der Waals surface area contributed by atoms with Crippen LogP contribution in [0.4, 0.5) is 0 Å². The standard InChI is InChI=1S/C12H24O/c1-2-3-6-12(10-13)9-11-7-4-5-8-11/h11-13H,2-10H2,1H3. The van der Waals surface area contributed by atoms with Crippen molar-refractivity contribution in [1.29, 1.82) is 0 Å². The summed E-state index contributed by atoms with van der Waals surface area (Å²) in [4.78, 5) is 0. The van der Waals surface area contributed by atoms with Gasteiger partial charge >= 0.3 is 0 Å². The summed E-state index contributed by atoms with van der Waals surface area (Å²) >= 11 is 0. The molecule has 0 saturated heterocycles. The largest absolute Gasteiger partial charge is 0.396 e. The molecule has 1 N–H and O–H groups in total. The van der Waals surface area contributed by atoms with Crippen LogP contribution in [0.3, 0.4) is 0 Å². The van der Waals surface area contributed by atoms with E-state index in [0.717, 1.165) is 5.92 Å². The van der Waals surface area contributed by atoms with Crippen molar-refractivity contribution in [3.05, 3.63) is 0 Å². The normalized spacial score (nSPS) is 20.8. The van der Waals surface area contributed by atoms with Gasteiger partial charge in [-0.2, -0.15) is 0 Å². The summed E-state index contributed by atoms with van der Waals surface area (Å²) in [6.45, 7) is 2.64. The molecule has 1 fully saturated rings. The summed E-state index contributed by atoms with van der Waals surface area (Å²) < 4.78 is 0. The van der Waals surface area contributed by atoms with Crippen molar-refractivity contribution in [3.63, 3.8) is 0 Å². The molecule has 1 aliphatic rings. The molecule has 0 spiro atoms. The predicted octanol–water partition coefficient (Wildman–Crippen LogP) is 3.37. The summed E-state index contributed by atoms with van der Waals surface area (Å²) in [6.07, 6.45) is 10.8. The molecular formula is C12H24O. The quantitative estimate of drug-likeness (QED) is 0.671. The summed E-state index contributed by atoms with van der Waals surface area (Å²) in [7, 11) is 0. The maximum atomic E-state index is 9.21. The average Bonchev–Trinajstić information content (AvgIpc) is 2.64. The maximum absolute atomic E-state index is 9.21. The summed E-state index contributed by atoms with van der Waals surface area (Å²) in [6, 6.07) is 0. The predicted molar refractivity (Wildman–Crippen MR) is 56.7 cm³/mol. The first-order valence-electron chi connectivity index (χ1n) is 5.97. The Bertz CT molecular complexity index is 116. The molecule has 0 radical (unpaired) electrons. The molecule has 1 saturated carbocycles. The minimum absolute atomic E-state index is 0.413. The number of aliphatic hydroxyl groups is 1. The van der Waals surface area contributed by atoms with Crippen molar-refractivity contribution < 1.29 is 5.11 Å². The van der Waals surface area contributed by atoms with Crippen LogP contribution in [0.15, 0.2) is 0 Å². The van der Waals surface area contributed by atoms with Gasteiger partial charge in [-0.3, -0.25) is 0 Å². The smallest absolute Gasteiger partial charge is 0.0459 e. The third kappa shape index (κ3) is 4.12. The van der Waals surface area contributed by atoms with Gasteiger partial charge in [0.1, 0.15) is 0 Å². The first-order chi connectivity index (χ1) is 6.36. The zero-order valence-corrected chi connectivity index (χ0v) is 8.97. The molecule has 1 nitrogen and oxygen atoms in total. The van der Waals surface area contributed by atoms with Gasteiger partial charge in [-0.15, -0.1) is 0 Å². The summed E-state index contributed by atoms with van der Waals surface area (Å²) in [5.41, 5.74) is 0. The Hall–Kier alpha value is -0.0400. The number of rotatable bonds is 6. The van der Waals surface area contributed by atoms with Crippen molar-refractivity contribution in [1.82, 2.24) is 0 Å². The molecule has 0 aliphatic heterocycles. The Morgan fingerprint density at radius 2 is 2.00 bits per heavy atom. The Morgan fingerprint density at radius 3 is 2.54 bits per heavy atom. The molecule has 1 atom stereocenters. The minimum atomic E-state index is 0.413. The second-order valence-corrected chi connectivity index (χ2v) is 4.58. The molecule has 1 unspecified atom stereocenters. The highest BCUT2D eigenvalue weighted by atomic mass is 16.3. The van der Waals surface area contributed by atoms with Gasteiger partial charge in [0.2, 0.25) is 0 Å². The fourth-order valence-electron chi connectivity index (χ4n) is 2.49. The molecule has 1 heteroatoms. The van der Waals surface area contributed by atoms with Gasteiger partial charge in [0, 0.05) is 6.61 Å². The highest BCUT2D eigenvalue weighted by molar-refractivity contribution is 4.71. The van der Waals surface area contributed by atoms with E-state index in [1.54, 1.807) is 0 Å². The lowest BCUT2D eigenvalue weighted by molar-refractivity contribution is 0.190. The average molecular weight is 184 g/mol. The van der Waals surface area contributed by atoms with Gasteiger partial charge in [0.15, 0.2) is 0 Å². The van der Waals surface area contributed by atoms with E-state index in [4.69, 9.17) is 0 Å². The third-order valence-corrected chi connectivity index (χ3v) is 3.37. The first kappa shape index (κ1) is 11.0. The van der Waals surface area contributed by atoms with Crippen molar-refractivity contribution in [2.45, 2.75) is 58.3 Å². The van der Waals surface area contributed by atoms with Gasteiger partial charge in [-0.25, -0.2) is 0 Å². The third-order valence-electron chi connectivity index (χ3n) is 3.37. The van der Waals surface area contributed by atoms with Crippen LogP contribution in [-0.4, -0.2) is 11.7 Å². The van der Waals surface area contributed by atoms with E-state index in [0.29, 0.717) is 12.5 Å². The molecule has 0 aromatic rings. The second-order valence-electron chi connectivity index (χ2n) is 4.58. The van der Waals surface area contributed by atoms with Gasteiger partial charge in [-0.05, 0) is 24.7 Å². The molecule has 0 bridgehead atoms. The molecule has 0 aromatic carbocycles.